The predicted molar refractivity (Wildman–Crippen MR) is 68.2 cm³/mol. The van der Waals surface area contributed by atoms with E-state index in [0.717, 1.165) is 6.54 Å². The average Bonchev–Trinajstić information content (AvgIpc) is 2.69. The number of nitrogens with two attached hydrogens (primary N) is 1. The molecule has 3 heteroatoms. The highest BCUT2D eigenvalue weighted by Crippen LogP contribution is 2.21. The third-order valence-electron chi connectivity index (χ3n) is 2.81. The van der Waals surface area contributed by atoms with Gasteiger partial charge in [-0.15, -0.1) is 0 Å². The fraction of sp³-hybridized carbons (Fsp3) is 0.385. The Balaban J connectivity index is 2.34. The molecule has 0 aliphatic heterocycles. The maximum absolute atomic E-state index is 5.71. The Morgan fingerprint density at radius 3 is 2.81 bits per heavy atom. The molecular weight excluding hydrogens is 198 g/mol. The Morgan fingerprint density at radius 2 is 2.12 bits per heavy atom. The van der Waals surface area contributed by atoms with Crippen LogP contribution in [0.2, 0.25) is 0 Å². The zero-order chi connectivity index (χ0) is 11.5. The molecule has 3 nitrogen and oxygen atoms in total. The molecule has 0 saturated heterocycles. The Morgan fingerprint density at radius 1 is 1.31 bits per heavy atom. The molecule has 0 amide bonds. The van der Waals surface area contributed by atoms with Gasteiger partial charge in [0, 0.05) is 30.7 Å². The highest BCUT2D eigenvalue weighted by atomic mass is 14.9. The molecular formula is C13H19N3. The smallest absolute Gasteiger partial charge is 0.0502 e. The van der Waals surface area contributed by atoms with Crippen LogP contribution in [0.25, 0.3) is 10.9 Å². The Kier molecular flexibility index (Phi) is 3.27. The van der Waals surface area contributed by atoms with E-state index in [9.17, 15) is 0 Å². The zero-order valence-corrected chi connectivity index (χ0v) is 9.88. The number of hydrogen-bond donors (Lipinski definition) is 3. The van der Waals surface area contributed by atoms with Gasteiger partial charge < -0.3 is 16.0 Å². The molecule has 4 N–H and O–H groups in total. The largest absolute Gasteiger partial charge is 0.361 e. The molecule has 1 aromatic carbocycles. The first kappa shape index (κ1) is 11.2. The summed E-state index contributed by atoms with van der Waals surface area (Å²) in [6, 6.07) is 6.78. The normalized spacial score (nSPS) is 11.5. The number of fused-ring (bicyclic) bond motifs is 1. The van der Waals surface area contributed by atoms with Crippen LogP contribution in [0.1, 0.15) is 25.0 Å². The lowest BCUT2D eigenvalue weighted by Crippen LogP contribution is -2.21. The van der Waals surface area contributed by atoms with Gasteiger partial charge in [-0.3, -0.25) is 0 Å². The van der Waals surface area contributed by atoms with Crippen LogP contribution in [0, 0.1) is 0 Å². The number of para-hydroxylation sites is 1. The quantitative estimate of drug-likeness (QED) is 0.734. The van der Waals surface area contributed by atoms with Gasteiger partial charge in [0.15, 0.2) is 0 Å². The first-order valence-corrected chi connectivity index (χ1v) is 5.73. The van der Waals surface area contributed by atoms with Gasteiger partial charge in [-0.2, -0.15) is 0 Å². The average molecular weight is 217 g/mol. The van der Waals surface area contributed by atoms with Gasteiger partial charge in [0.1, 0.15) is 0 Å². The Bertz CT molecular complexity index is 471. The summed E-state index contributed by atoms with van der Waals surface area (Å²) in [5.41, 5.74) is 9.36. The Labute approximate surface area is 96.0 Å². The monoisotopic (exact) mass is 217 g/mol. The topological polar surface area (TPSA) is 53.8 Å². The van der Waals surface area contributed by atoms with E-state index in [0.29, 0.717) is 12.6 Å². The lowest BCUT2D eigenvalue weighted by atomic mass is 10.1. The van der Waals surface area contributed by atoms with Crippen molar-refractivity contribution >= 4 is 10.9 Å². The number of benzene rings is 1. The summed E-state index contributed by atoms with van der Waals surface area (Å²) in [4.78, 5) is 3.31. The minimum absolute atomic E-state index is 0.502. The van der Waals surface area contributed by atoms with E-state index in [4.69, 9.17) is 5.73 Å². The molecule has 0 spiro atoms. The summed E-state index contributed by atoms with van der Waals surface area (Å²) in [7, 11) is 0. The SMILES string of the molecule is CC(C)NCc1c[nH]c2c(CN)cccc12. The molecule has 0 saturated carbocycles. The first-order valence-electron chi connectivity index (χ1n) is 5.73. The van der Waals surface area contributed by atoms with Gasteiger partial charge in [-0.05, 0) is 11.1 Å². The third-order valence-corrected chi connectivity index (χ3v) is 2.81. The lowest BCUT2D eigenvalue weighted by Gasteiger charge is -2.07. The zero-order valence-electron chi connectivity index (χ0n) is 9.88. The Hall–Kier alpha value is -1.32. The second-order valence-electron chi connectivity index (χ2n) is 4.39. The number of aromatic amines is 1. The molecule has 1 aromatic heterocycles. The maximum atomic E-state index is 5.71. The van der Waals surface area contributed by atoms with Crippen LogP contribution in [0.15, 0.2) is 24.4 Å². The van der Waals surface area contributed by atoms with Crippen LogP contribution in [-0.4, -0.2) is 11.0 Å². The van der Waals surface area contributed by atoms with E-state index in [1.165, 1.54) is 22.0 Å². The highest BCUT2D eigenvalue weighted by molar-refractivity contribution is 5.86. The van der Waals surface area contributed by atoms with Crippen molar-refractivity contribution in [3.63, 3.8) is 0 Å². The molecule has 0 unspecified atom stereocenters. The van der Waals surface area contributed by atoms with Crippen LogP contribution in [0.3, 0.4) is 0 Å². The second kappa shape index (κ2) is 4.68. The van der Waals surface area contributed by atoms with Gasteiger partial charge in [-0.25, -0.2) is 0 Å². The molecule has 2 rings (SSSR count). The van der Waals surface area contributed by atoms with Crippen molar-refractivity contribution in [2.75, 3.05) is 0 Å². The van der Waals surface area contributed by atoms with Crippen LogP contribution >= 0.6 is 0 Å². The lowest BCUT2D eigenvalue weighted by molar-refractivity contribution is 0.590. The van der Waals surface area contributed by atoms with Gasteiger partial charge in [-0.1, -0.05) is 32.0 Å². The van der Waals surface area contributed by atoms with E-state index in [-0.39, 0.29) is 0 Å². The van der Waals surface area contributed by atoms with Crippen LogP contribution in [-0.2, 0) is 13.1 Å². The molecule has 86 valence electrons. The molecule has 0 aliphatic rings. The van der Waals surface area contributed by atoms with Crippen molar-refractivity contribution in [3.8, 4) is 0 Å². The van der Waals surface area contributed by atoms with E-state index < -0.39 is 0 Å². The van der Waals surface area contributed by atoms with Crippen LogP contribution < -0.4 is 11.1 Å². The maximum Gasteiger partial charge on any atom is 0.0502 e. The van der Waals surface area contributed by atoms with Crippen molar-refractivity contribution in [2.45, 2.75) is 33.0 Å². The number of H-pyrrole nitrogens is 1. The summed E-state index contributed by atoms with van der Waals surface area (Å²) in [6.07, 6.45) is 2.07. The molecule has 16 heavy (non-hydrogen) atoms. The summed E-state index contributed by atoms with van der Waals surface area (Å²) in [6.45, 7) is 5.78. The number of aromatic nitrogens is 1. The summed E-state index contributed by atoms with van der Waals surface area (Å²) in [5.74, 6) is 0. The van der Waals surface area contributed by atoms with Crippen LogP contribution in [0.5, 0.6) is 0 Å². The van der Waals surface area contributed by atoms with E-state index >= 15 is 0 Å². The molecule has 0 aliphatic carbocycles. The number of hydrogen-bond acceptors (Lipinski definition) is 2. The van der Waals surface area contributed by atoms with E-state index in [2.05, 4.69) is 48.5 Å². The van der Waals surface area contributed by atoms with E-state index in [1.54, 1.807) is 0 Å². The molecule has 1 heterocycles. The predicted octanol–water partition coefficient (Wildman–Crippen LogP) is 2.12. The van der Waals surface area contributed by atoms with Crippen molar-refractivity contribution in [1.82, 2.24) is 10.3 Å². The van der Waals surface area contributed by atoms with Gasteiger partial charge >= 0.3 is 0 Å². The molecule has 0 atom stereocenters. The third kappa shape index (κ3) is 2.10. The van der Waals surface area contributed by atoms with Crippen molar-refractivity contribution < 1.29 is 0 Å². The number of nitrogens with one attached hydrogen (secondary N) is 2. The van der Waals surface area contributed by atoms with Gasteiger partial charge in [0.25, 0.3) is 0 Å². The van der Waals surface area contributed by atoms with Crippen molar-refractivity contribution in [3.05, 3.63) is 35.5 Å². The minimum atomic E-state index is 0.502. The van der Waals surface area contributed by atoms with Gasteiger partial charge in [0.2, 0.25) is 0 Å². The minimum Gasteiger partial charge on any atom is -0.361 e. The summed E-state index contributed by atoms with van der Waals surface area (Å²) < 4.78 is 0. The second-order valence-corrected chi connectivity index (χ2v) is 4.39. The first-order chi connectivity index (χ1) is 7.72. The van der Waals surface area contributed by atoms with Crippen molar-refractivity contribution in [2.24, 2.45) is 5.73 Å². The molecule has 0 radical (unpaired) electrons. The van der Waals surface area contributed by atoms with Crippen molar-refractivity contribution in [1.29, 1.82) is 0 Å². The molecule has 0 bridgehead atoms. The van der Waals surface area contributed by atoms with Crippen LogP contribution in [0.4, 0.5) is 0 Å². The fourth-order valence-corrected chi connectivity index (χ4v) is 1.91. The number of rotatable bonds is 4. The summed E-state index contributed by atoms with van der Waals surface area (Å²) in [5, 5.41) is 4.70. The summed E-state index contributed by atoms with van der Waals surface area (Å²) >= 11 is 0. The van der Waals surface area contributed by atoms with E-state index in [1.807, 2.05) is 0 Å². The molecule has 0 fully saturated rings. The van der Waals surface area contributed by atoms with Gasteiger partial charge in [0.05, 0.1) is 5.52 Å². The molecule has 2 aromatic rings. The fourth-order valence-electron chi connectivity index (χ4n) is 1.91. The highest BCUT2D eigenvalue weighted by Gasteiger charge is 2.06. The standard InChI is InChI=1S/C13H19N3/c1-9(2)15-7-11-8-16-13-10(6-14)4-3-5-12(11)13/h3-5,8-9,15-16H,6-7,14H2,1-2H3.